The molecule has 1 aromatic carbocycles. The van der Waals surface area contributed by atoms with Gasteiger partial charge in [0, 0.05) is 24.6 Å². The third-order valence-electron chi connectivity index (χ3n) is 3.67. The van der Waals surface area contributed by atoms with Gasteiger partial charge in [-0.15, -0.1) is 0 Å². The number of nitrogens with two attached hydrogens (primary N) is 1. The van der Waals surface area contributed by atoms with Crippen molar-refractivity contribution < 1.29 is 14.3 Å². The second-order valence-electron chi connectivity index (χ2n) is 5.25. The monoisotopic (exact) mass is 298 g/mol. The smallest absolute Gasteiger partial charge is 0.250 e. The Labute approximate surface area is 129 Å². The van der Waals surface area contributed by atoms with Crippen LogP contribution in [0.15, 0.2) is 42.6 Å². The van der Waals surface area contributed by atoms with Crippen LogP contribution in [0, 0.1) is 0 Å². The van der Waals surface area contributed by atoms with E-state index in [0.717, 1.165) is 24.3 Å². The van der Waals surface area contributed by atoms with Crippen molar-refractivity contribution in [2.24, 2.45) is 5.73 Å². The minimum Gasteiger partial charge on any atom is -0.488 e. The Balaban J connectivity index is 1.84. The van der Waals surface area contributed by atoms with Gasteiger partial charge in [-0.3, -0.25) is 9.78 Å². The molecule has 0 radical (unpaired) electrons. The molecule has 1 saturated heterocycles. The summed E-state index contributed by atoms with van der Waals surface area (Å²) in [4.78, 5) is 15.8. The molecule has 0 saturated carbocycles. The van der Waals surface area contributed by atoms with E-state index in [1.165, 1.54) is 0 Å². The summed E-state index contributed by atoms with van der Waals surface area (Å²) in [6.07, 6.45) is 3.14. The van der Waals surface area contributed by atoms with Gasteiger partial charge in [-0.1, -0.05) is 18.2 Å². The zero-order valence-corrected chi connectivity index (χ0v) is 12.2. The Morgan fingerprint density at radius 2 is 2.18 bits per heavy atom. The number of nitrogens with zero attached hydrogens (tertiary/aromatic N) is 1. The van der Waals surface area contributed by atoms with Gasteiger partial charge in [-0.25, -0.2) is 0 Å². The molecule has 5 heteroatoms. The van der Waals surface area contributed by atoms with Crippen molar-refractivity contribution in [2.45, 2.75) is 18.9 Å². The lowest BCUT2D eigenvalue weighted by molar-refractivity contribution is 0.0999. The molecule has 0 spiro atoms. The fourth-order valence-electron chi connectivity index (χ4n) is 2.53. The van der Waals surface area contributed by atoms with Crippen LogP contribution < -0.4 is 10.5 Å². The van der Waals surface area contributed by atoms with Crippen LogP contribution in [-0.2, 0) is 11.2 Å². The van der Waals surface area contributed by atoms with E-state index in [2.05, 4.69) is 4.98 Å². The topological polar surface area (TPSA) is 74.4 Å². The van der Waals surface area contributed by atoms with E-state index < -0.39 is 5.91 Å². The minimum atomic E-state index is -0.467. The first-order valence-corrected chi connectivity index (χ1v) is 7.30. The number of rotatable bonds is 5. The quantitative estimate of drug-likeness (QED) is 0.915. The van der Waals surface area contributed by atoms with Crippen LogP contribution in [0.25, 0.3) is 0 Å². The van der Waals surface area contributed by atoms with Crippen LogP contribution in [0.3, 0.4) is 0 Å². The van der Waals surface area contributed by atoms with Gasteiger partial charge in [-0.2, -0.15) is 0 Å². The van der Waals surface area contributed by atoms with Gasteiger partial charge in [0.2, 0.25) is 0 Å². The predicted molar refractivity (Wildman–Crippen MR) is 81.9 cm³/mol. The largest absolute Gasteiger partial charge is 0.488 e. The first kappa shape index (κ1) is 14.5. The van der Waals surface area contributed by atoms with E-state index in [1.807, 2.05) is 24.3 Å². The van der Waals surface area contributed by atoms with Crippen molar-refractivity contribution in [1.82, 2.24) is 4.98 Å². The molecule has 5 nitrogen and oxygen atoms in total. The number of benzene rings is 1. The second kappa shape index (κ2) is 6.58. The average molecular weight is 298 g/mol. The summed E-state index contributed by atoms with van der Waals surface area (Å²) in [5.74, 6) is 0.338. The van der Waals surface area contributed by atoms with E-state index in [0.29, 0.717) is 24.3 Å². The first-order valence-electron chi connectivity index (χ1n) is 7.30. The summed E-state index contributed by atoms with van der Waals surface area (Å²) >= 11 is 0. The molecule has 1 aliphatic rings. The molecule has 2 aromatic rings. The Morgan fingerprint density at radius 3 is 2.95 bits per heavy atom. The van der Waals surface area contributed by atoms with E-state index in [-0.39, 0.29) is 6.10 Å². The highest BCUT2D eigenvalue weighted by atomic mass is 16.5. The molecule has 1 atom stereocenters. The fourth-order valence-corrected chi connectivity index (χ4v) is 2.53. The number of ether oxygens (including phenoxy) is 2. The van der Waals surface area contributed by atoms with Gasteiger partial charge >= 0.3 is 0 Å². The number of amides is 1. The standard InChI is InChI=1S/C17H18N2O3/c18-17(20)14-5-3-8-19-15(14)10-12-4-1-2-6-16(12)22-13-7-9-21-11-13/h1-6,8,13H,7,9-11H2,(H2,18,20). The lowest BCUT2D eigenvalue weighted by Crippen LogP contribution is -2.17. The van der Waals surface area contributed by atoms with Crippen LogP contribution in [0.4, 0.5) is 0 Å². The average Bonchev–Trinajstić information content (AvgIpc) is 3.02. The second-order valence-corrected chi connectivity index (χ2v) is 5.25. The number of pyridine rings is 1. The first-order chi connectivity index (χ1) is 10.7. The van der Waals surface area contributed by atoms with E-state index in [4.69, 9.17) is 15.2 Å². The van der Waals surface area contributed by atoms with Crippen molar-refractivity contribution in [2.75, 3.05) is 13.2 Å². The van der Waals surface area contributed by atoms with Crippen LogP contribution in [-0.4, -0.2) is 30.2 Å². The van der Waals surface area contributed by atoms with E-state index >= 15 is 0 Å². The molecule has 2 N–H and O–H groups in total. The van der Waals surface area contributed by atoms with Crippen molar-refractivity contribution in [1.29, 1.82) is 0 Å². The van der Waals surface area contributed by atoms with Gasteiger partial charge in [0.15, 0.2) is 0 Å². The Bertz CT molecular complexity index is 666. The van der Waals surface area contributed by atoms with Gasteiger partial charge in [0.25, 0.3) is 5.91 Å². The highest BCUT2D eigenvalue weighted by molar-refractivity contribution is 5.93. The molecule has 1 fully saturated rings. The van der Waals surface area contributed by atoms with Gasteiger partial charge in [0.1, 0.15) is 11.9 Å². The molecule has 1 aromatic heterocycles. The fraction of sp³-hybridized carbons (Fsp3) is 0.294. The number of carbonyl (C=O) groups excluding carboxylic acids is 1. The molecule has 22 heavy (non-hydrogen) atoms. The molecule has 3 rings (SSSR count). The Kier molecular flexibility index (Phi) is 4.34. The minimum absolute atomic E-state index is 0.0838. The van der Waals surface area contributed by atoms with E-state index in [9.17, 15) is 4.79 Å². The van der Waals surface area contributed by atoms with Gasteiger partial charge < -0.3 is 15.2 Å². The number of carbonyl (C=O) groups is 1. The Morgan fingerprint density at radius 1 is 1.32 bits per heavy atom. The van der Waals surface area contributed by atoms with Crippen molar-refractivity contribution in [3.63, 3.8) is 0 Å². The number of hydrogen-bond donors (Lipinski definition) is 1. The zero-order valence-electron chi connectivity index (χ0n) is 12.2. The van der Waals surface area contributed by atoms with Crippen molar-refractivity contribution in [3.8, 4) is 5.75 Å². The zero-order chi connectivity index (χ0) is 15.4. The molecule has 1 aliphatic heterocycles. The summed E-state index contributed by atoms with van der Waals surface area (Å²) in [5, 5.41) is 0. The molecular weight excluding hydrogens is 280 g/mol. The molecule has 2 heterocycles. The van der Waals surface area contributed by atoms with Crippen molar-refractivity contribution in [3.05, 3.63) is 59.4 Å². The van der Waals surface area contributed by atoms with Gasteiger partial charge in [0.05, 0.1) is 24.5 Å². The number of hydrogen-bond acceptors (Lipinski definition) is 4. The normalized spacial score (nSPS) is 17.4. The maximum absolute atomic E-state index is 11.5. The summed E-state index contributed by atoms with van der Waals surface area (Å²) in [5.41, 5.74) is 7.50. The third-order valence-corrected chi connectivity index (χ3v) is 3.67. The summed E-state index contributed by atoms with van der Waals surface area (Å²) in [7, 11) is 0. The number of primary amides is 1. The molecule has 1 amide bonds. The lowest BCUT2D eigenvalue weighted by Gasteiger charge is -2.16. The van der Waals surface area contributed by atoms with Crippen molar-refractivity contribution >= 4 is 5.91 Å². The maximum Gasteiger partial charge on any atom is 0.250 e. The molecule has 0 aliphatic carbocycles. The summed E-state index contributed by atoms with van der Waals surface area (Å²) < 4.78 is 11.3. The summed E-state index contributed by atoms with van der Waals surface area (Å²) in [6.45, 7) is 1.35. The van der Waals surface area contributed by atoms with Gasteiger partial charge in [-0.05, 0) is 18.2 Å². The number of aromatic nitrogens is 1. The molecule has 114 valence electrons. The van der Waals surface area contributed by atoms with Crippen LogP contribution >= 0.6 is 0 Å². The van der Waals surface area contributed by atoms with Crippen LogP contribution in [0.2, 0.25) is 0 Å². The highest BCUT2D eigenvalue weighted by Gasteiger charge is 2.19. The SMILES string of the molecule is NC(=O)c1cccnc1Cc1ccccc1OC1CCOC1. The number of para-hydroxylation sites is 1. The van der Waals surface area contributed by atoms with Crippen LogP contribution in [0.1, 0.15) is 28.0 Å². The van der Waals surface area contributed by atoms with E-state index in [1.54, 1.807) is 18.3 Å². The third kappa shape index (κ3) is 3.26. The molecule has 0 bridgehead atoms. The highest BCUT2D eigenvalue weighted by Crippen LogP contribution is 2.24. The lowest BCUT2D eigenvalue weighted by atomic mass is 10.0. The Hall–Kier alpha value is -2.40. The van der Waals surface area contributed by atoms with Crippen LogP contribution in [0.5, 0.6) is 5.75 Å². The summed E-state index contributed by atoms with van der Waals surface area (Å²) in [6, 6.07) is 11.2. The maximum atomic E-state index is 11.5. The molecular formula is C17H18N2O3. The predicted octanol–water partition coefficient (Wildman–Crippen LogP) is 1.94. The molecule has 1 unspecified atom stereocenters.